The Kier molecular flexibility index (Phi) is 4.92. The highest BCUT2D eigenvalue weighted by atomic mass is 32.1. The number of hydrogen-bond donors (Lipinski definition) is 1. The largest absolute Gasteiger partial charge is 0.376 e. The number of thiazole rings is 1. The van der Waals surface area contributed by atoms with Crippen LogP contribution in [0.1, 0.15) is 29.1 Å². The Labute approximate surface area is 156 Å². The Morgan fingerprint density at radius 2 is 2.28 bits per heavy atom. The summed E-state index contributed by atoms with van der Waals surface area (Å²) in [5.41, 5.74) is 4.85. The third-order valence-electron chi connectivity index (χ3n) is 4.75. The van der Waals surface area contributed by atoms with E-state index in [-0.39, 0.29) is 0 Å². The van der Waals surface area contributed by atoms with Gasteiger partial charge in [0.1, 0.15) is 0 Å². The summed E-state index contributed by atoms with van der Waals surface area (Å²) in [7, 11) is 0. The van der Waals surface area contributed by atoms with Gasteiger partial charge in [0.05, 0.1) is 18.3 Å². The van der Waals surface area contributed by atoms with Gasteiger partial charge < -0.3 is 14.6 Å². The molecule has 4 rings (SSSR count). The molecular formula is C19H23N3OS2. The summed E-state index contributed by atoms with van der Waals surface area (Å²) in [5, 5.41) is 8.70. The normalized spacial score (nSPS) is 17.3. The summed E-state index contributed by atoms with van der Waals surface area (Å²) in [6.07, 6.45) is 2.66. The van der Waals surface area contributed by atoms with E-state index in [2.05, 4.69) is 52.7 Å². The van der Waals surface area contributed by atoms with E-state index in [1.807, 2.05) is 0 Å². The summed E-state index contributed by atoms with van der Waals surface area (Å²) < 4.78 is 8.04. The van der Waals surface area contributed by atoms with E-state index in [4.69, 9.17) is 9.72 Å². The first-order valence-electron chi connectivity index (χ1n) is 8.71. The quantitative estimate of drug-likeness (QED) is 0.666. The highest BCUT2D eigenvalue weighted by molar-refractivity contribution is 7.14. The third-order valence-corrected chi connectivity index (χ3v) is 6.41. The Balaban J connectivity index is 1.50. The first-order chi connectivity index (χ1) is 12.2. The Morgan fingerprint density at radius 3 is 3.04 bits per heavy atom. The van der Waals surface area contributed by atoms with Crippen molar-refractivity contribution in [2.45, 2.75) is 39.3 Å². The van der Waals surface area contributed by atoms with E-state index in [0.29, 0.717) is 6.10 Å². The number of thiophene rings is 1. The lowest BCUT2D eigenvalue weighted by atomic mass is 10.2. The minimum Gasteiger partial charge on any atom is -0.376 e. The molecule has 0 amide bonds. The average Bonchev–Trinajstić information content (AvgIpc) is 3.38. The van der Waals surface area contributed by atoms with Crippen molar-refractivity contribution in [3.8, 4) is 11.3 Å². The number of ether oxygens (including phenoxy) is 1. The van der Waals surface area contributed by atoms with Gasteiger partial charge in [0.25, 0.3) is 0 Å². The van der Waals surface area contributed by atoms with Crippen LogP contribution in [0.25, 0.3) is 11.3 Å². The van der Waals surface area contributed by atoms with Crippen LogP contribution in [-0.2, 0) is 11.3 Å². The number of rotatable bonds is 6. The Morgan fingerprint density at radius 1 is 1.36 bits per heavy atom. The lowest BCUT2D eigenvalue weighted by Gasteiger charge is -2.09. The predicted molar refractivity (Wildman–Crippen MR) is 106 cm³/mol. The number of nitrogens with one attached hydrogen (secondary N) is 1. The van der Waals surface area contributed by atoms with Crippen LogP contribution < -0.4 is 5.32 Å². The fourth-order valence-electron chi connectivity index (χ4n) is 3.35. The van der Waals surface area contributed by atoms with Crippen LogP contribution in [0, 0.1) is 13.8 Å². The number of nitrogens with zero attached hydrogens (tertiary/aromatic N) is 2. The van der Waals surface area contributed by atoms with Crippen LogP contribution in [-0.4, -0.2) is 28.8 Å². The molecule has 25 heavy (non-hydrogen) atoms. The van der Waals surface area contributed by atoms with E-state index in [9.17, 15) is 0 Å². The van der Waals surface area contributed by atoms with Crippen molar-refractivity contribution in [3.63, 3.8) is 0 Å². The van der Waals surface area contributed by atoms with Gasteiger partial charge in [-0.15, -0.1) is 22.7 Å². The topological polar surface area (TPSA) is 39.1 Å². The van der Waals surface area contributed by atoms with Crippen molar-refractivity contribution in [2.24, 2.45) is 0 Å². The smallest absolute Gasteiger partial charge is 0.183 e. The summed E-state index contributed by atoms with van der Waals surface area (Å²) >= 11 is 3.48. The molecule has 0 saturated carbocycles. The molecule has 4 heterocycles. The molecule has 6 heteroatoms. The minimum atomic E-state index is 0.336. The van der Waals surface area contributed by atoms with Gasteiger partial charge in [-0.2, -0.15) is 0 Å². The Hall–Kier alpha value is -1.63. The molecule has 3 aromatic rings. The second-order valence-electron chi connectivity index (χ2n) is 6.50. The lowest BCUT2D eigenvalue weighted by Crippen LogP contribution is -2.18. The molecule has 1 N–H and O–H groups in total. The maximum Gasteiger partial charge on any atom is 0.183 e. The van der Waals surface area contributed by atoms with E-state index in [0.717, 1.165) is 36.9 Å². The fourth-order valence-corrected chi connectivity index (χ4v) is 4.76. The van der Waals surface area contributed by atoms with E-state index in [1.165, 1.54) is 28.2 Å². The van der Waals surface area contributed by atoms with E-state index < -0.39 is 0 Å². The van der Waals surface area contributed by atoms with Crippen molar-refractivity contribution >= 4 is 27.8 Å². The van der Waals surface area contributed by atoms with Crippen molar-refractivity contribution in [2.75, 3.05) is 18.5 Å². The molecule has 1 aliphatic heterocycles. The zero-order valence-corrected chi connectivity index (χ0v) is 16.3. The van der Waals surface area contributed by atoms with Gasteiger partial charge in [-0.05, 0) is 44.2 Å². The SMILES string of the molecule is Cc1cc(-c2csc(NC[C@H]3CCCO3)n2)c(C)n1Cc1cccs1. The molecule has 0 spiro atoms. The number of hydrogen-bond acceptors (Lipinski definition) is 5. The minimum absolute atomic E-state index is 0.336. The monoisotopic (exact) mass is 373 g/mol. The van der Waals surface area contributed by atoms with Crippen LogP contribution >= 0.6 is 22.7 Å². The first kappa shape index (κ1) is 16.8. The highest BCUT2D eigenvalue weighted by Gasteiger charge is 2.17. The van der Waals surface area contributed by atoms with Crippen molar-refractivity contribution in [1.82, 2.24) is 9.55 Å². The van der Waals surface area contributed by atoms with Gasteiger partial charge in [-0.25, -0.2) is 4.98 Å². The van der Waals surface area contributed by atoms with Crippen LogP contribution in [0.4, 0.5) is 5.13 Å². The molecule has 1 fully saturated rings. The summed E-state index contributed by atoms with van der Waals surface area (Å²) in [6.45, 7) is 7.04. The standard InChI is InChI=1S/C19H23N3OS2/c1-13-9-17(14(2)22(13)11-16-6-4-8-24-16)18-12-25-19(21-18)20-10-15-5-3-7-23-15/h4,6,8-9,12,15H,3,5,7,10-11H2,1-2H3,(H,20,21)/t15-/m1/s1. The summed E-state index contributed by atoms with van der Waals surface area (Å²) in [6, 6.07) is 6.56. The molecule has 3 aromatic heterocycles. The van der Waals surface area contributed by atoms with Crippen LogP contribution in [0.15, 0.2) is 29.0 Å². The van der Waals surface area contributed by atoms with E-state index in [1.54, 1.807) is 22.7 Å². The molecule has 0 radical (unpaired) electrons. The molecule has 1 aliphatic rings. The second kappa shape index (κ2) is 7.32. The van der Waals surface area contributed by atoms with Crippen LogP contribution in [0.3, 0.4) is 0 Å². The van der Waals surface area contributed by atoms with Gasteiger partial charge in [0, 0.05) is 40.4 Å². The number of anilines is 1. The van der Waals surface area contributed by atoms with Crippen molar-refractivity contribution < 1.29 is 4.74 Å². The molecule has 0 aliphatic carbocycles. The average molecular weight is 374 g/mol. The van der Waals surface area contributed by atoms with Crippen molar-refractivity contribution in [1.29, 1.82) is 0 Å². The molecule has 132 valence electrons. The molecule has 4 nitrogen and oxygen atoms in total. The predicted octanol–water partition coefficient (Wildman–Crippen LogP) is 4.93. The van der Waals surface area contributed by atoms with Crippen molar-refractivity contribution in [3.05, 3.63) is 45.2 Å². The maximum atomic E-state index is 5.67. The molecular weight excluding hydrogens is 350 g/mol. The molecule has 0 bridgehead atoms. The second-order valence-corrected chi connectivity index (χ2v) is 8.39. The zero-order valence-electron chi connectivity index (χ0n) is 14.6. The van der Waals surface area contributed by atoms with E-state index >= 15 is 0 Å². The van der Waals surface area contributed by atoms with Crippen LogP contribution in [0.2, 0.25) is 0 Å². The van der Waals surface area contributed by atoms with Gasteiger partial charge >= 0.3 is 0 Å². The Bertz CT molecular complexity index is 829. The fraction of sp³-hybridized carbons (Fsp3) is 0.421. The van der Waals surface area contributed by atoms with Crippen LogP contribution in [0.5, 0.6) is 0 Å². The zero-order chi connectivity index (χ0) is 17.2. The van der Waals surface area contributed by atoms with Gasteiger partial charge in [0.2, 0.25) is 0 Å². The lowest BCUT2D eigenvalue weighted by molar-refractivity contribution is 0.120. The van der Waals surface area contributed by atoms with Gasteiger partial charge in [0.15, 0.2) is 5.13 Å². The third kappa shape index (κ3) is 3.66. The number of aromatic nitrogens is 2. The molecule has 0 aromatic carbocycles. The maximum absolute atomic E-state index is 5.67. The summed E-state index contributed by atoms with van der Waals surface area (Å²) in [4.78, 5) is 6.18. The highest BCUT2D eigenvalue weighted by Crippen LogP contribution is 2.31. The molecule has 1 atom stereocenters. The summed E-state index contributed by atoms with van der Waals surface area (Å²) in [5.74, 6) is 0. The first-order valence-corrected chi connectivity index (χ1v) is 10.5. The van der Waals surface area contributed by atoms with Gasteiger partial charge in [-0.3, -0.25) is 0 Å². The number of aryl methyl sites for hydroxylation is 1. The van der Waals surface area contributed by atoms with Gasteiger partial charge in [-0.1, -0.05) is 6.07 Å². The molecule has 1 saturated heterocycles. The molecule has 0 unspecified atom stereocenters.